The maximum Gasteiger partial charge on any atom is 0.231 e. The molecule has 154 valence electrons. The van der Waals surface area contributed by atoms with Gasteiger partial charge in [0, 0.05) is 36.3 Å². The summed E-state index contributed by atoms with van der Waals surface area (Å²) in [5.41, 5.74) is 3.03. The van der Waals surface area contributed by atoms with Crippen LogP contribution >= 0.6 is 0 Å². The third-order valence-electron chi connectivity index (χ3n) is 5.67. The SMILES string of the molecule is Oc1c2cn(Cc3ccc4c(c3)OCO4)cc2c(O)c2c1ncn2Cc1ccccc1. The van der Waals surface area contributed by atoms with Crippen LogP contribution in [0.5, 0.6) is 23.0 Å². The van der Waals surface area contributed by atoms with Crippen LogP contribution in [0.3, 0.4) is 0 Å². The van der Waals surface area contributed by atoms with E-state index in [1.54, 1.807) is 6.33 Å². The molecule has 0 amide bonds. The topological polar surface area (TPSA) is 81.7 Å². The Balaban J connectivity index is 1.42. The normalized spacial score (nSPS) is 12.8. The smallest absolute Gasteiger partial charge is 0.231 e. The molecule has 6 rings (SSSR count). The van der Waals surface area contributed by atoms with Crippen molar-refractivity contribution >= 4 is 21.8 Å². The molecule has 0 saturated carbocycles. The fourth-order valence-electron chi connectivity index (χ4n) is 4.19. The Hall–Kier alpha value is -4.13. The summed E-state index contributed by atoms with van der Waals surface area (Å²) in [6.45, 7) is 1.35. The lowest BCUT2D eigenvalue weighted by molar-refractivity contribution is 0.174. The van der Waals surface area contributed by atoms with Crippen molar-refractivity contribution in [3.8, 4) is 23.0 Å². The summed E-state index contributed by atoms with van der Waals surface area (Å²) in [6.07, 6.45) is 5.32. The molecular weight excluding hydrogens is 394 g/mol. The fraction of sp³-hybridized carbons (Fsp3) is 0.125. The Morgan fingerprint density at radius 1 is 0.839 bits per heavy atom. The third kappa shape index (κ3) is 2.85. The number of ether oxygens (including phenoxy) is 2. The van der Waals surface area contributed by atoms with E-state index in [4.69, 9.17) is 9.47 Å². The summed E-state index contributed by atoms with van der Waals surface area (Å²) >= 11 is 0. The lowest BCUT2D eigenvalue weighted by Crippen LogP contribution is -1.97. The van der Waals surface area contributed by atoms with Crippen LogP contribution < -0.4 is 9.47 Å². The fourth-order valence-corrected chi connectivity index (χ4v) is 4.19. The first-order chi connectivity index (χ1) is 15.2. The summed E-state index contributed by atoms with van der Waals surface area (Å²) in [4.78, 5) is 4.37. The third-order valence-corrected chi connectivity index (χ3v) is 5.67. The molecule has 1 aliphatic heterocycles. The van der Waals surface area contributed by atoms with Gasteiger partial charge in [0.15, 0.2) is 23.0 Å². The molecule has 0 atom stereocenters. The maximum atomic E-state index is 11.1. The van der Waals surface area contributed by atoms with Crippen LogP contribution in [-0.2, 0) is 13.1 Å². The number of aromatic nitrogens is 3. The molecule has 7 heteroatoms. The number of aromatic hydroxyl groups is 2. The number of fused-ring (bicyclic) bond motifs is 3. The molecule has 2 aromatic heterocycles. The van der Waals surface area contributed by atoms with Crippen molar-refractivity contribution in [2.75, 3.05) is 6.79 Å². The average molecular weight is 413 g/mol. The second kappa shape index (κ2) is 6.70. The number of benzene rings is 3. The Labute approximate surface area is 177 Å². The largest absolute Gasteiger partial charge is 0.505 e. The van der Waals surface area contributed by atoms with E-state index in [0.717, 1.165) is 22.6 Å². The zero-order valence-corrected chi connectivity index (χ0v) is 16.5. The molecule has 0 bridgehead atoms. The monoisotopic (exact) mass is 413 g/mol. The van der Waals surface area contributed by atoms with Crippen LogP contribution in [-0.4, -0.2) is 31.1 Å². The van der Waals surface area contributed by atoms with Crippen LogP contribution in [0.1, 0.15) is 11.1 Å². The van der Waals surface area contributed by atoms with E-state index in [2.05, 4.69) is 4.98 Å². The molecular formula is C24H19N3O4. The second-order valence-electron chi connectivity index (χ2n) is 7.70. The van der Waals surface area contributed by atoms with Crippen molar-refractivity contribution in [3.63, 3.8) is 0 Å². The van der Waals surface area contributed by atoms with Crippen LogP contribution in [0, 0.1) is 0 Å². The van der Waals surface area contributed by atoms with Gasteiger partial charge in [-0.25, -0.2) is 4.98 Å². The second-order valence-corrected chi connectivity index (χ2v) is 7.70. The standard InChI is InChI=1S/C24H19N3O4/c28-23-17-11-26(9-16-6-7-19-20(8-16)31-14-30-19)12-18(17)24(29)22-21(23)25-13-27(22)10-15-4-2-1-3-5-15/h1-8,11-13,28-29H,9-10,14H2. The maximum absolute atomic E-state index is 11.1. The van der Waals surface area contributed by atoms with Gasteiger partial charge in [0.25, 0.3) is 0 Å². The van der Waals surface area contributed by atoms with Crippen molar-refractivity contribution < 1.29 is 19.7 Å². The van der Waals surface area contributed by atoms with Crippen molar-refractivity contribution in [2.45, 2.75) is 13.1 Å². The highest BCUT2D eigenvalue weighted by atomic mass is 16.7. The number of phenolic OH excluding ortho intramolecular Hbond substituents is 2. The molecule has 0 unspecified atom stereocenters. The van der Waals surface area contributed by atoms with E-state index in [1.807, 2.05) is 70.1 Å². The minimum absolute atomic E-state index is 0.0686. The van der Waals surface area contributed by atoms with Gasteiger partial charge < -0.3 is 28.8 Å². The first-order valence-electron chi connectivity index (χ1n) is 9.98. The molecule has 3 aromatic carbocycles. The summed E-state index contributed by atoms with van der Waals surface area (Å²) < 4.78 is 14.6. The Bertz CT molecular complexity index is 1440. The van der Waals surface area contributed by atoms with Gasteiger partial charge in [0.1, 0.15) is 11.0 Å². The summed E-state index contributed by atoms with van der Waals surface area (Å²) in [7, 11) is 0. The van der Waals surface area contributed by atoms with E-state index in [9.17, 15) is 10.2 Å². The number of imidazole rings is 1. The zero-order valence-electron chi connectivity index (χ0n) is 16.5. The van der Waals surface area contributed by atoms with E-state index in [0.29, 0.717) is 34.9 Å². The Morgan fingerprint density at radius 2 is 1.61 bits per heavy atom. The van der Waals surface area contributed by atoms with Gasteiger partial charge in [-0.05, 0) is 23.3 Å². The molecule has 7 nitrogen and oxygen atoms in total. The molecule has 1 aliphatic rings. The van der Waals surface area contributed by atoms with Crippen molar-refractivity contribution in [2.24, 2.45) is 0 Å². The van der Waals surface area contributed by atoms with Crippen LogP contribution in [0.25, 0.3) is 21.8 Å². The van der Waals surface area contributed by atoms with Crippen LogP contribution in [0.4, 0.5) is 0 Å². The quantitative estimate of drug-likeness (QED) is 0.431. The van der Waals surface area contributed by atoms with Crippen molar-refractivity contribution in [1.29, 1.82) is 0 Å². The average Bonchev–Trinajstić information content (AvgIpc) is 3.51. The highest BCUT2D eigenvalue weighted by molar-refractivity contribution is 6.08. The first kappa shape index (κ1) is 17.7. The molecule has 3 heterocycles. The van der Waals surface area contributed by atoms with Gasteiger partial charge in [-0.2, -0.15) is 0 Å². The van der Waals surface area contributed by atoms with Crippen molar-refractivity contribution in [1.82, 2.24) is 14.1 Å². The molecule has 5 aromatic rings. The number of phenols is 2. The highest BCUT2D eigenvalue weighted by Gasteiger charge is 2.20. The molecule has 2 N–H and O–H groups in total. The lowest BCUT2D eigenvalue weighted by atomic mass is 10.1. The Morgan fingerprint density at radius 3 is 2.45 bits per heavy atom. The van der Waals surface area contributed by atoms with E-state index in [-0.39, 0.29) is 18.3 Å². The van der Waals surface area contributed by atoms with Gasteiger partial charge in [-0.1, -0.05) is 36.4 Å². The van der Waals surface area contributed by atoms with Gasteiger partial charge in [-0.3, -0.25) is 0 Å². The van der Waals surface area contributed by atoms with Gasteiger partial charge >= 0.3 is 0 Å². The summed E-state index contributed by atoms with van der Waals surface area (Å²) in [5, 5.41) is 23.1. The van der Waals surface area contributed by atoms with Gasteiger partial charge in [0.2, 0.25) is 6.79 Å². The van der Waals surface area contributed by atoms with Crippen LogP contribution in [0.2, 0.25) is 0 Å². The minimum atomic E-state index is 0.0686. The molecule has 0 saturated heterocycles. The van der Waals surface area contributed by atoms with Gasteiger partial charge in [0.05, 0.1) is 6.33 Å². The first-order valence-corrected chi connectivity index (χ1v) is 9.98. The molecule has 0 fully saturated rings. The van der Waals surface area contributed by atoms with Crippen LogP contribution in [0.15, 0.2) is 67.3 Å². The zero-order chi connectivity index (χ0) is 20.9. The van der Waals surface area contributed by atoms with E-state index >= 15 is 0 Å². The number of nitrogens with zero attached hydrogens (tertiary/aromatic N) is 3. The van der Waals surface area contributed by atoms with E-state index < -0.39 is 0 Å². The van der Waals surface area contributed by atoms with Crippen molar-refractivity contribution in [3.05, 3.63) is 78.4 Å². The summed E-state index contributed by atoms with van der Waals surface area (Å²) in [6, 6.07) is 15.8. The number of hydrogen-bond acceptors (Lipinski definition) is 5. The minimum Gasteiger partial charge on any atom is -0.505 e. The lowest BCUT2D eigenvalue weighted by Gasteiger charge is -2.07. The number of hydrogen-bond donors (Lipinski definition) is 2. The summed E-state index contributed by atoms with van der Waals surface area (Å²) in [5.74, 6) is 1.65. The molecule has 0 aliphatic carbocycles. The van der Waals surface area contributed by atoms with Gasteiger partial charge in [-0.15, -0.1) is 0 Å². The predicted molar refractivity (Wildman–Crippen MR) is 116 cm³/mol. The Kier molecular flexibility index (Phi) is 3.83. The predicted octanol–water partition coefficient (Wildman–Crippen LogP) is 4.23. The molecule has 0 radical (unpaired) electrons. The highest BCUT2D eigenvalue weighted by Crippen LogP contribution is 2.41. The number of rotatable bonds is 4. The molecule has 31 heavy (non-hydrogen) atoms. The molecule has 0 spiro atoms. The van der Waals surface area contributed by atoms with E-state index in [1.165, 1.54) is 0 Å².